The first-order valence-corrected chi connectivity index (χ1v) is 5.36. The van der Waals surface area contributed by atoms with E-state index in [1.165, 1.54) is 12.2 Å². The van der Waals surface area contributed by atoms with Crippen LogP contribution in [0.15, 0.2) is 25.3 Å². The largest absolute Gasteiger partial charge is 0.390 e. The van der Waals surface area contributed by atoms with Gasteiger partial charge in [-0.3, -0.25) is 4.18 Å². The Labute approximate surface area is 78.7 Å². The molecule has 0 saturated heterocycles. The van der Waals surface area contributed by atoms with Gasteiger partial charge in [-0.25, -0.2) is 0 Å². The minimum Gasteiger partial charge on any atom is -0.390 e. The van der Waals surface area contributed by atoms with Gasteiger partial charge in [0, 0.05) is 0 Å². The predicted octanol–water partition coefficient (Wildman–Crippen LogP) is 0.456. The normalized spacial score (nSPS) is 13.6. The fourth-order valence-electron chi connectivity index (χ4n) is 0.635. The molecule has 0 aliphatic carbocycles. The molecule has 0 amide bonds. The highest BCUT2D eigenvalue weighted by atomic mass is 32.2. The van der Waals surface area contributed by atoms with Gasteiger partial charge in [-0.05, 0) is 6.42 Å². The first-order chi connectivity index (χ1) is 6.02. The third-order valence-corrected chi connectivity index (χ3v) is 2.34. The maximum absolute atomic E-state index is 10.9. The lowest BCUT2D eigenvalue weighted by Gasteiger charge is -2.07. The van der Waals surface area contributed by atoms with Crippen molar-refractivity contribution in [2.24, 2.45) is 0 Å². The average Bonchev–Trinajstić information content (AvgIpc) is 2.02. The zero-order chi connectivity index (χ0) is 10.3. The Balaban J connectivity index is 3.87. The molecule has 0 aromatic carbocycles. The first-order valence-electron chi connectivity index (χ1n) is 3.79. The number of aliphatic hydroxyl groups is 1. The minimum absolute atomic E-state index is 0.234. The second-order valence-corrected chi connectivity index (χ2v) is 4.16. The molecule has 5 heteroatoms. The summed E-state index contributed by atoms with van der Waals surface area (Å²) in [5.41, 5.74) is 0. The van der Waals surface area contributed by atoms with Crippen LogP contribution in [-0.2, 0) is 14.3 Å². The fraction of sp³-hybridized carbons (Fsp3) is 0.500. The summed E-state index contributed by atoms with van der Waals surface area (Å²) < 4.78 is 26.3. The molecule has 0 bridgehead atoms. The van der Waals surface area contributed by atoms with Gasteiger partial charge < -0.3 is 5.11 Å². The molecule has 0 radical (unpaired) electrons. The Bertz CT molecular complexity index is 255. The highest BCUT2D eigenvalue weighted by molar-refractivity contribution is 7.86. The number of rotatable bonds is 7. The molecule has 0 fully saturated rings. The standard InChI is InChI=1S/C8H14O4S/c1-3-5-8(9)7-12-13(10,11)6-4-2/h3-4,8-9H,1-2,5-7H2. The predicted molar refractivity (Wildman–Crippen MR) is 50.8 cm³/mol. The van der Waals surface area contributed by atoms with Crippen molar-refractivity contribution in [3.63, 3.8) is 0 Å². The lowest BCUT2D eigenvalue weighted by atomic mass is 10.3. The van der Waals surface area contributed by atoms with E-state index in [9.17, 15) is 8.42 Å². The van der Waals surface area contributed by atoms with Crippen molar-refractivity contribution in [3.8, 4) is 0 Å². The zero-order valence-corrected chi connectivity index (χ0v) is 8.16. The van der Waals surface area contributed by atoms with E-state index >= 15 is 0 Å². The topological polar surface area (TPSA) is 63.6 Å². The molecule has 1 atom stereocenters. The van der Waals surface area contributed by atoms with Crippen LogP contribution in [0.3, 0.4) is 0 Å². The Hall–Kier alpha value is -0.650. The zero-order valence-electron chi connectivity index (χ0n) is 7.35. The molecule has 0 saturated carbocycles. The van der Waals surface area contributed by atoms with Crippen molar-refractivity contribution in [2.75, 3.05) is 12.4 Å². The highest BCUT2D eigenvalue weighted by Gasteiger charge is 2.11. The van der Waals surface area contributed by atoms with Crippen molar-refractivity contribution in [3.05, 3.63) is 25.3 Å². The molecule has 1 N–H and O–H groups in total. The summed E-state index contributed by atoms with van der Waals surface area (Å²) in [6.07, 6.45) is 2.21. The van der Waals surface area contributed by atoms with Gasteiger partial charge in [-0.2, -0.15) is 8.42 Å². The van der Waals surface area contributed by atoms with E-state index in [1.54, 1.807) is 0 Å². The summed E-state index contributed by atoms with van der Waals surface area (Å²) in [7, 11) is -3.56. The van der Waals surface area contributed by atoms with Gasteiger partial charge in [-0.15, -0.1) is 13.2 Å². The Morgan fingerprint density at radius 2 is 2.00 bits per heavy atom. The van der Waals surface area contributed by atoms with Crippen LogP contribution in [0.5, 0.6) is 0 Å². The van der Waals surface area contributed by atoms with Gasteiger partial charge in [0.15, 0.2) is 0 Å². The molecule has 1 unspecified atom stereocenters. The van der Waals surface area contributed by atoms with Gasteiger partial charge in [-0.1, -0.05) is 12.2 Å². The summed E-state index contributed by atoms with van der Waals surface area (Å²) in [6, 6.07) is 0. The molecular weight excluding hydrogens is 192 g/mol. The second kappa shape index (κ2) is 5.90. The molecule has 76 valence electrons. The second-order valence-electron chi connectivity index (χ2n) is 2.48. The van der Waals surface area contributed by atoms with E-state index in [2.05, 4.69) is 17.3 Å². The monoisotopic (exact) mass is 206 g/mol. The highest BCUT2D eigenvalue weighted by Crippen LogP contribution is 1.99. The summed E-state index contributed by atoms with van der Waals surface area (Å²) >= 11 is 0. The van der Waals surface area contributed by atoms with E-state index in [1.807, 2.05) is 0 Å². The molecule has 13 heavy (non-hydrogen) atoms. The average molecular weight is 206 g/mol. The van der Waals surface area contributed by atoms with Gasteiger partial charge in [0.25, 0.3) is 10.1 Å². The summed E-state index contributed by atoms with van der Waals surface area (Å²) in [6.45, 7) is 6.44. The van der Waals surface area contributed by atoms with E-state index in [4.69, 9.17) is 5.11 Å². The van der Waals surface area contributed by atoms with Crippen LogP contribution >= 0.6 is 0 Å². The molecule has 0 rings (SSSR count). The van der Waals surface area contributed by atoms with Gasteiger partial charge in [0.2, 0.25) is 0 Å². The molecule has 4 nitrogen and oxygen atoms in total. The Kier molecular flexibility index (Phi) is 5.61. The van der Waals surface area contributed by atoms with Gasteiger partial charge in [0.05, 0.1) is 18.5 Å². The van der Waals surface area contributed by atoms with E-state index < -0.39 is 16.2 Å². The molecule has 0 spiro atoms. The number of hydrogen-bond donors (Lipinski definition) is 1. The van der Waals surface area contributed by atoms with Crippen molar-refractivity contribution >= 4 is 10.1 Å². The van der Waals surface area contributed by atoms with Crippen molar-refractivity contribution in [1.82, 2.24) is 0 Å². The minimum atomic E-state index is -3.56. The van der Waals surface area contributed by atoms with Crippen LogP contribution < -0.4 is 0 Å². The quantitative estimate of drug-likeness (QED) is 0.485. The lowest BCUT2D eigenvalue weighted by Crippen LogP contribution is -2.19. The van der Waals surface area contributed by atoms with Crippen LogP contribution in [0.25, 0.3) is 0 Å². The van der Waals surface area contributed by atoms with Crippen molar-refractivity contribution in [1.29, 1.82) is 0 Å². The third kappa shape index (κ3) is 6.51. The van der Waals surface area contributed by atoms with E-state index in [0.717, 1.165) is 0 Å². The number of hydrogen-bond acceptors (Lipinski definition) is 4. The van der Waals surface area contributed by atoms with Crippen LogP contribution in [0.2, 0.25) is 0 Å². The Morgan fingerprint density at radius 3 is 2.46 bits per heavy atom. The van der Waals surface area contributed by atoms with Crippen LogP contribution in [-0.4, -0.2) is 32.0 Å². The first kappa shape index (κ1) is 12.3. The third-order valence-electron chi connectivity index (χ3n) is 1.20. The number of aliphatic hydroxyl groups excluding tert-OH is 1. The summed E-state index contributed by atoms with van der Waals surface area (Å²) in [4.78, 5) is 0. The van der Waals surface area contributed by atoms with Gasteiger partial charge >= 0.3 is 0 Å². The van der Waals surface area contributed by atoms with Crippen molar-refractivity contribution in [2.45, 2.75) is 12.5 Å². The molecule has 0 aliphatic rings. The van der Waals surface area contributed by atoms with E-state index in [0.29, 0.717) is 6.42 Å². The summed E-state index contributed by atoms with van der Waals surface area (Å²) in [5, 5.41) is 9.09. The lowest BCUT2D eigenvalue weighted by molar-refractivity contribution is 0.113. The van der Waals surface area contributed by atoms with Crippen LogP contribution in [0.4, 0.5) is 0 Å². The molecule has 0 aromatic rings. The van der Waals surface area contributed by atoms with E-state index in [-0.39, 0.29) is 12.4 Å². The smallest absolute Gasteiger partial charge is 0.271 e. The maximum atomic E-state index is 10.9. The maximum Gasteiger partial charge on any atom is 0.271 e. The SMILES string of the molecule is C=CCC(O)COS(=O)(=O)CC=C. The molecule has 0 aromatic heterocycles. The van der Waals surface area contributed by atoms with Crippen LogP contribution in [0, 0.1) is 0 Å². The van der Waals surface area contributed by atoms with Crippen LogP contribution in [0.1, 0.15) is 6.42 Å². The fourth-order valence-corrected chi connectivity index (χ4v) is 1.38. The Morgan fingerprint density at radius 1 is 1.38 bits per heavy atom. The van der Waals surface area contributed by atoms with Crippen molar-refractivity contribution < 1.29 is 17.7 Å². The molecular formula is C8H14O4S. The molecule has 0 aliphatic heterocycles. The van der Waals surface area contributed by atoms with Gasteiger partial charge in [0.1, 0.15) is 0 Å². The summed E-state index contributed by atoms with van der Waals surface area (Å²) in [5.74, 6) is -0.242. The molecule has 0 heterocycles.